The number of anilines is 1. The van der Waals surface area contributed by atoms with Gasteiger partial charge in [0.2, 0.25) is 0 Å². The Kier molecular flexibility index (Phi) is 4.25. The van der Waals surface area contributed by atoms with Crippen LogP contribution in [0.4, 0.5) is 5.69 Å². The van der Waals surface area contributed by atoms with Crippen LogP contribution < -0.4 is 5.73 Å². The molecule has 104 valence electrons. The maximum absolute atomic E-state index is 12.1. The topological polar surface area (TPSA) is 60.2 Å². The number of hydrogen-bond donors (Lipinski definition) is 1. The number of sulfone groups is 1. The zero-order valence-corrected chi connectivity index (χ0v) is 12.1. The van der Waals surface area contributed by atoms with E-state index in [9.17, 15) is 8.42 Å². The van der Waals surface area contributed by atoms with Crippen LogP contribution in [0.3, 0.4) is 0 Å². The quantitative estimate of drug-likeness (QED) is 0.879. The molecule has 4 heteroatoms. The fraction of sp³-hybridized carbons (Fsp3) is 0.125. The van der Waals surface area contributed by atoms with E-state index in [1.165, 1.54) is 5.41 Å². The van der Waals surface area contributed by atoms with Crippen LogP contribution >= 0.6 is 0 Å². The largest absolute Gasteiger partial charge is 0.398 e. The van der Waals surface area contributed by atoms with Crippen LogP contribution in [0, 0.1) is 6.92 Å². The minimum Gasteiger partial charge on any atom is -0.398 e. The molecular formula is C16H17NO2S. The summed E-state index contributed by atoms with van der Waals surface area (Å²) in [6, 6.07) is 14.7. The molecule has 0 radical (unpaired) electrons. The van der Waals surface area contributed by atoms with E-state index in [0.717, 1.165) is 11.1 Å². The third-order valence-electron chi connectivity index (χ3n) is 2.96. The smallest absolute Gasteiger partial charge is 0.175 e. The van der Waals surface area contributed by atoms with Gasteiger partial charge in [-0.05, 0) is 30.2 Å². The van der Waals surface area contributed by atoms with Crippen LogP contribution in [-0.2, 0) is 15.6 Å². The Balaban J connectivity index is 2.15. The normalized spacial score (nSPS) is 11.8. The average molecular weight is 287 g/mol. The molecular weight excluding hydrogens is 270 g/mol. The lowest BCUT2D eigenvalue weighted by molar-refractivity contribution is 0.604. The molecule has 0 bridgehead atoms. The number of rotatable bonds is 4. The molecule has 0 saturated carbocycles. The van der Waals surface area contributed by atoms with Gasteiger partial charge in [0.1, 0.15) is 0 Å². The second-order valence-corrected chi connectivity index (χ2v) is 6.61. The molecule has 0 aliphatic carbocycles. The third-order valence-corrected chi connectivity index (χ3v) is 4.22. The summed E-state index contributed by atoms with van der Waals surface area (Å²) in [6.07, 6.45) is 1.61. The number of para-hydroxylation sites is 1. The van der Waals surface area contributed by atoms with Crippen LogP contribution in [-0.4, -0.2) is 8.42 Å². The van der Waals surface area contributed by atoms with Crippen molar-refractivity contribution in [3.63, 3.8) is 0 Å². The third kappa shape index (κ3) is 3.96. The van der Waals surface area contributed by atoms with Gasteiger partial charge in [-0.1, -0.05) is 48.0 Å². The highest BCUT2D eigenvalue weighted by molar-refractivity contribution is 7.93. The van der Waals surface area contributed by atoms with Crippen LogP contribution in [0.5, 0.6) is 0 Å². The molecule has 2 aromatic carbocycles. The molecule has 0 amide bonds. The number of aryl methyl sites for hydroxylation is 1. The van der Waals surface area contributed by atoms with Gasteiger partial charge in [-0.2, -0.15) is 0 Å². The Labute approximate surface area is 119 Å². The lowest BCUT2D eigenvalue weighted by Gasteiger charge is -2.03. The lowest BCUT2D eigenvalue weighted by Crippen LogP contribution is -2.03. The molecule has 0 heterocycles. The van der Waals surface area contributed by atoms with Crippen molar-refractivity contribution < 1.29 is 8.42 Å². The Morgan fingerprint density at radius 1 is 1.05 bits per heavy atom. The van der Waals surface area contributed by atoms with E-state index in [1.54, 1.807) is 30.3 Å². The van der Waals surface area contributed by atoms with Crippen molar-refractivity contribution in [2.75, 3.05) is 5.73 Å². The number of hydrogen-bond acceptors (Lipinski definition) is 3. The van der Waals surface area contributed by atoms with E-state index in [4.69, 9.17) is 5.73 Å². The molecule has 3 nitrogen and oxygen atoms in total. The Bertz CT molecular complexity index is 716. The lowest BCUT2D eigenvalue weighted by atomic mass is 10.2. The van der Waals surface area contributed by atoms with Crippen molar-refractivity contribution in [2.24, 2.45) is 0 Å². The van der Waals surface area contributed by atoms with Gasteiger partial charge in [0.15, 0.2) is 9.84 Å². The van der Waals surface area contributed by atoms with Gasteiger partial charge in [0, 0.05) is 11.1 Å². The molecule has 0 saturated heterocycles. The zero-order valence-electron chi connectivity index (χ0n) is 11.3. The van der Waals surface area contributed by atoms with Crippen molar-refractivity contribution in [3.05, 3.63) is 70.6 Å². The summed E-state index contributed by atoms with van der Waals surface area (Å²) < 4.78 is 24.1. The standard InChI is InChI=1S/C16H17NO2S/c1-13-6-8-14(9-7-13)10-11-20(18,19)12-15-4-2-3-5-16(15)17/h2-11H,12,17H2,1H3/b11-10+. The molecule has 2 aromatic rings. The molecule has 2 rings (SSSR count). The highest BCUT2D eigenvalue weighted by Crippen LogP contribution is 2.16. The van der Waals surface area contributed by atoms with Crippen molar-refractivity contribution in [3.8, 4) is 0 Å². The van der Waals surface area contributed by atoms with Gasteiger partial charge in [0.05, 0.1) is 5.75 Å². The summed E-state index contributed by atoms with van der Waals surface area (Å²) in [6.45, 7) is 1.99. The average Bonchev–Trinajstić information content (AvgIpc) is 2.41. The Morgan fingerprint density at radius 2 is 1.70 bits per heavy atom. The van der Waals surface area contributed by atoms with E-state index >= 15 is 0 Å². The summed E-state index contributed by atoms with van der Waals surface area (Å²) in [7, 11) is -3.33. The van der Waals surface area contributed by atoms with Gasteiger partial charge in [0.25, 0.3) is 0 Å². The molecule has 0 unspecified atom stereocenters. The van der Waals surface area contributed by atoms with Crippen molar-refractivity contribution in [1.29, 1.82) is 0 Å². The molecule has 20 heavy (non-hydrogen) atoms. The minimum atomic E-state index is -3.33. The maximum atomic E-state index is 12.1. The molecule has 0 aliphatic heterocycles. The number of nitrogens with two attached hydrogens (primary N) is 1. The first-order valence-corrected chi connectivity index (χ1v) is 7.99. The SMILES string of the molecule is Cc1ccc(/C=C/S(=O)(=O)Cc2ccccc2N)cc1. The fourth-order valence-electron chi connectivity index (χ4n) is 1.79. The summed E-state index contributed by atoms with van der Waals surface area (Å²) in [5, 5.41) is 1.24. The van der Waals surface area contributed by atoms with Gasteiger partial charge in [-0.3, -0.25) is 0 Å². The first-order chi connectivity index (χ1) is 9.46. The summed E-state index contributed by atoms with van der Waals surface area (Å²) >= 11 is 0. The number of benzene rings is 2. The molecule has 0 aliphatic rings. The summed E-state index contributed by atoms with van der Waals surface area (Å²) in [5.41, 5.74) is 8.89. The van der Waals surface area contributed by atoms with Gasteiger partial charge in [-0.15, -0.1) is 0 Å². The van der Waals surface area contributed by atoms with Crippen LogP contribution in [0.2, 0.25) is 0 Å². The second-order valence-electron chi connectivity index (χ2n) is 4.72. The van der Waals surface area contributed by atoms with Crippen LogP contribution in [0.25, 0.3) is 6.08 Å². The highest BCUT2D eigenvalue weighted by atomic mass is 32.2. The van der Waals surface area contributed by atoms with E-state index in [2.05, 4.69) is 0 Å². The Hall–Kier alpha value is -2.07. The molecule has 0 spiro atoms. The molecule has 0 atom stereocenters. The first-order valence-electron chi connectivity index (χ1n) is 6.27. The van der Waals surface area contributed by atoms with Gasteiger partial charge < -0.3 is 5.73 Å². The second kappa shape index (κ2) is 5.92. The van der Waals surface area contributed by atoms with Gasteiger partial charge in [-0.25, -0.2) is 8.42 Å². The summed E-state index contributed by atoms with van der Waals surface area (Å²) in [4.78, 5) is 0. The van der Waals surface area contributed by atoms with Crippen molar-refractivity contribution in [2.45, 2.75) is 12.7 Å². The number of nitrogen functional groups attached to an aromatic ring is 1. The highest BCUT2D eigenvalue weighted by Gasteiger charge is 2.09. The Morgan fingerprint density at radius 3 is 2.35 bits per heavy atom. The van der Waals surface area contributed by atoms with Crippen LogP contribution in [0.1, 0.15) is 16.7 Å². The van der Waals surface area contributed by atoms with E-state index in [-0.39, 0.29) is 5.75 Å². The molecule has 0 fully saturated rings. The minimum absolute atomic E-state index is 0.0813. The van der Waals surface area contributed by atoms with E-state index in [1.807, 2.05) is 31.2 Å². The monoisotopic (exact) mass is 287 g/mol. The zero-order chi connectivity index (χ0) is 14.6. The van der Waals surface area contributed by atoms with Crippen molar-refractivity contribution >= 4 is 21.6 Å². The van der Waals surface area contributed by atoms with Gasteiger partial charge >= 0.3 is 0 Å². The predicted octanol–water partition coefficient (Wildman–Crippen LogP) is 3.16. The molecule has 2 N–H and O–H groups in total. The van der Waals surface area contributed by atoms with Crippen LogP contribution in [0.15, 0.2) is 53.9 Å². The first kappa shape index (κ1) is 14.3. The van der Waals surface area contributed by atoms with E-state index < -0.39 is 9.84 Å². The molecule has 0 aromatic heterocycles. The fourth-order valence-corrected chi connectivity index (χ4v) is 2.95. The van der Waals surface area contributed by atoms with E-state index in [0.29, 0.717) is 11.3 Å². The summed E-state index contributed by atoms with van der Waals surface area (Å²) in [5.74, 6) is -0.0813. The maximum Gasteiger partial charge on any atom is 0.175 e. The van der Waals surface area contributed by atoms with Crippen molar-refractivity contribution in [1.82, 2.24) is 0 Å². The predicted molar refractivity (Wildman–Crippen MR) is 83.7 cm³/mol.